The minimum absolute atomic E-state index is 0.568. The average molecular weight is 319 g/mol. The van der Waals surface area contributed by atoms with Crippen molar-refractivity contribution in [2.24, 2.45) is 0 Å². The number of hydrogen-bond acceptors (Lipinski definition) is 0. The summed E-state index contributed by atoms with van der Waals surface area (Å²) in [5.41, 5.74) is 1.57. The summed E-state index contributed by atoms with van der Waals surface area (Å²) in [5, 5.41) is 0. The second kappa shape index (κ2) is 5.54. The van der Waals surface area contributed by atoms with E-state index in [0.717, 1.165) is 12.0 Å². The fraction of sp³-hybridized carbons (Fsp3) is 0.364. The van der Waals surface area contributed by atoms with Gasteiger partial charge in [0.15, 0.2) is 4.33 Å². The van der Waals surface area contributed by atoms with Crippen LogP contribution in [0.5, 0.6) is 0 Å². The highest BCUT2D eigenvalue weighted by molar-refractivity contribution is 6.75. The van der Waals surface area contributed by atoms with Gasteiger partial charge in [-0.2, -0.15) is 0 Å². The van der Waals surface area contributed by atoms with Crippen LogP contribution in [0.3, 0.4) is 0 Å². The number of hydrogen-bond donors (Lipinski definition) is 0. The summed E-state index contributed by atoms with van der Waals surface area (Å²) in [6, 6.07) is 7.31. The van der Waals surface area contributed by atoms with Gasteiger partial charge in [-0.25, -0.2) is 0 Å². The van der Waals surface area contributed by atoms with E-state index in [-0.39, 0.29) is 0 Å². The van der Waals surface area contributed by atoms with Gasteiger partial charge in [-0.3, -0.25) is 0 Å². The molecule has 0 saturated heterocycles. The lowest BCUT2D eigenvalue weighted by molar-refractivity contribution is 0.875. The van der Waals surface area contributed by atoms with E-state index in [1.54, 1.807) is 6.07 Å². The van der Waals surface area contributed by atoms with Crippen molar-refractivity contribution in [2.45, 2.75) is 21.5 Å². The molecule has 1 rings (SSSR count). The van der Waals surface area contributed by atoms with Gasteiger partial charge in [0.1, 0.15) is 0 Å². The smallest absolute Gasteiger partial charge is 0.0915 e. The van der Waals surface area contributed by atoms with Gasteiger partial charge in [-0.05, 0) is 24.0 Å². The van der Waals surface area contributed by atoms with Gasteiger partial charge in [-0.15, -0.1) is 0 Å². The topological polar surface area (TPSA) is 0 Å². The normalized spacial score (nSPS) is 12.9. The van der Waals surface area contributed by atoms with Crippen LogP contribution in [0, 0.1) is 6.42 Å². The van der Waals surface area contributed by atoms with Crippen molar-refractivity contribution in [1.29, 1.82) is 0 Å². The molecule has 5 heteroatoms. The van der Waals surface area contributed by atoms with E-state index in [2.05, 4.69) is 0 Å². The first-order valence-electron chi connectivity index (χ1n) is 4.67. The summed E-state index contributed by atoms with van der Waals surface area (Å²) >= 11 is 29.4. The summed E-state index contributed by atoms with van der Waals surface area (Å²) in [5.74, 6) is 0. The third kappa shape index (κ3) is 3.34. The van der Waals surface area contributed by atoms with E-state index in [0.29, 0.717) is 5.56 Å². The lowest BCUT2D eigenvalue weighted by Crippen LogP contribution is -2.28. The average Bonchev–Trinajstić information content (AvgIpc) is 2.17. The molecule has 0 aliphatic carbocycles. The van der Waals surface area contributed by atoms with Crippen molar-refractivity contribution in [2.75, 3.05) is 0 Å². The van der Waals surface area contributed by atoms with Crippen molar-refractivity contribution < 1.29 is 0 Å². The van der Waals surface area contributed by atoms with Crippen LogP contribution in [0.15, 0.2) is 24.3 Å². The first-order chi connectivity index (χ1) is 7.29. The van der Waals surface area contributed by atoms with E-state index in [9.17, 15) is 0 Å². The number of benzene rings is 1. The maximum absolute atomic E-state index is 6.07. The second-order valence-electron chi connectivity index (χ2n) is 3.31. The van der Waals surface area contributed by atoms with Crippen LogP contribution in [-0.4, -0.2) is 3.79 Å². The van der Waals surface area contributed by atoms with E-state index >= 15 is 0 Å². The zero-order valence-corrected chi connectivity index (χ0v) is 12.3. The molecule has 0 amide bonds. The second-order valence-corrected chi connectivity index (χ2v) is 6.92. The Bertz CT molecular complexity index is 354. The van der Waals surface area contributed by atoms with Crippen molar-refractivity contribution >= 4 is 58.0 Å². The molecule has 1 radical (unpaired) electrons. The molecule has 0 heterocycles. The highest BCUT2D eigenvalue weighted by atomic mass is 35.6. The van der Waals surface area contributed by atoms with Gasteiger partial charge in [0.05, 0.1) is 0 Å². The van der Waals surface area contributed by atoms with Crippen LogP contribution in [0.4, 0.5) is 0 Å². The number of rotatable bonds is 3. The third-order valence-corrected chi connectivity index (χ3v) is 4.48. The quantitative estimate of drug-likeness (QED) is 0.632. The molecule has 0 saturated carbocycles. The Morgan fingerprint density at radius 2 is 1.75 bits per heavy atom. The van der Waals surface area contributed by atoms with Crippen LogP contribution >= 0.6 is 58.0 Å². The molecule has 0 unspecified atom stereocenters. The van der Waals surface area contributed by atoms with Crippen LogP contribution in [-0.2, 0) is 4.33 Å². The zero-order chi connectivity index (χ0) is 12.4. The van der Waals surface area contributed by atoms with Gasteiger partial charge in [0.2, 0.25) is 3.79 Å². The van der Waals surface area contributed by atoms with Gasteiger partial charge < -0.3 is 0 Å². The first kappa shape index (κ1) is 14.7. The van der Waals surface area contributed by atoms with Crippen molar-refractivity contribution in [3.05, 3.63) is 41.8 Å². The van der Waals surface area contributed by atoms with E-state index in [4.69, 9.17) is 58.0 Å². The molecule has 0 fully saturated rings. The highest BCUT2D eigenvalue weighted by Crippen LogP contribution is 2.52. The van der Waals surface area contributed by atoms with Crippen molar-refractivity contribution in [1.82, 2.24) is 0 Å². The van der Waals surface area contributed by atoms with Crippen LogP contribution in [0.1, 0.15) is 24.5 Å². The molecule has 0 atom stereocenters. The monoisotopic (exact) mass is 317 g/mol. The maximum atomic E-state index is 6.07. The predicted molar refractivity (Wildman–Crippen MR) is 73.8 cm³/mol. The summed E-state index contributed by atoms with van der Waals surface area (Å²) in [6.07, 6.45) is 2.94. The Kier molecular flexibility index (Phi) is 5.10. The minimum atomic E-state index is -1.78. The first-order valence-corrected chi connectivity index (χ1v) is 6.56. The molecule has 0 aromatic heterocycles. The Balaban J connectivity index is 3.08. The SMILES string of the molecule is CC[CH]c1cccc(C(Cl)(Cl)C(Cl)(Cl)Cl)c1. The van der Waals surface area contributed by atoms with Crippen molar-refractivity contribution in [3.63, 3.8) is 0 Å². The molecule has 0 N–H and O–H groups in total. The third-order valence-electron chi connectivity index (χ3n) is 2.05. The molecule has 16 heavy (non-hydrogen) atoms. The summed E-state index contributed by atoms with van der Waals surface area (Å²) in [7, 11) is 0. The molecule has 0 spiro atoms. The Morgan fingerprint density at radius 3 is 2.25 bits per heavy atom. The Morgan fingerprint density at radius 1 is 1.12 bits per heavy atom. The van der Waals surface area contributed by atoms with Gasteiger partial charge in [0.25, 0.3) is 0 Å². The fourth-order valence-corrected chi connectivity index (χ4v) is 1.82. The molecule has 1 aromatic rings. The van der Waals surface area contributed by atoms with Gasteiger partial charge in [-0.1, -0.05) is 89.2 Å². The largest absolute Gasteiger partial charge is 0.227 e. The standard InChI is InChI=1S/C11H10Cl5/c1-2-4-8-5-3-6-9(7-8)10(12,13)11(14,15)16/h3-7H,2H2,1H3. The molecule has 0 aliphatic rings. The summed E-state index contributed by atoms with van der Waals surface area (Å²) in [4.78, 5) is 0. The van der Waals surface area contributed by atoms with E-state index in [1.807, 2.05) is 31.5 Å². The summed E-state index contributed by atoms with van der Waals surface area (Å²) < 4.78 is -3.34. The number of halogens is 5. The summed E-state index contributed by atoms with van der Waals surface area (Å²) in [6.45, 7) is 2.04. The van der Waals surface area contributed by atoms with Crippen molar-refractivity contribution in [3.8, 4) is 0 Å². The lowest BCUT2D eigenvalue weighted by atomic mass is 10.0. The van der Waals surface area contributed by atoms with E-state index < -0.39 is 8.13 Å². The molecule has 1 aromatic carbocycles. The Hall–Kier alpha value is 0.670. The molecule has 0 nitrogen and oxygen atoms in total. The molecule has 0 bridgehead atoms. The maximum Gasteiger partial charge on any atom is 0.227 e. The lowest BCUT2D eigenvalue weighted by Gasteiger charge is -2.28. The molecule has 89 valence electrons. The fourth-order valence-electron chi connectivity index (χ4n) is 1.26. The zero-order valence-electron chi connectivity index (χ0n) is 8.48. The van der Waals surface area contributed by atoms with Gasteiger partial charge in [0, 0.05) is 0 Å². The van der Waals surface area contributed by atoms with Gasteiger partial charge >= 0.3 is 0 Å². The molecule has 0 aliphatic heterocycles. The van der Waals surface area contributed by atoms with Crippen LogP contribution < -0.4 is 0 Å². The predicted octanol–water partition coefficient (Wildman–Crippen LogP) is 5.65. The molecular formula is C11H10Cl5. The van der Waals surface area contributed by atoms with E-state index in [1.165, 1.54) is 0 Å². The number of alkyl halides is 5. The molecular weight excluding hydrogens is 309 g/mol. The highest BCUT2D eigenvalue weighted by Gasteiger charge is 2.47. The van der Waals surface area contributed by atoms with Crippen LogP contribution in [0.2, 0.25) is 0 Å². The minimum Gasteiger partial charge on any atom is -0.0915 e. The Labute approximate surface area is 121 Å². The van der Waals surface area contributed by atoms with Crippen LogP contribution in [0.25, 0.3) is 0 Å².